The standard InChI is InChI=1S/C15H21F2NO/c1-3-15(4-2)9-18-8-14(19-10-15)11-5-6-12(16)13(17)7-11/h5-7,14,18H,3-4,8-10H2,1-2H3. The van der Waals surface area contributed by atoms with Crippen molar-refractivity contribution in [2.75, 3.05) is 19.7 Å². The normalized spacial score (nSPS) is 23.1. The Kier molecular flexibility index (Phi) is 4.53. The summed E-state index contributed by atoms with van der Waals surface area (Å²) >= 11 is 0. The zero-order valence-electron chi connectivity index (χ0n) is 11.5. The molecule has 2 nitrogen and oxygen atoms in total. The van der Waals surface area contributed by atoms with Crippen LogP contribution in [0.1, 0.15) is 38.4 Å². The van der Waals surface area contributed by atoms with Crippen LogP contribution in [-0.4, -0.2) is 19.7 Å². The molecule has 0 amide bonds. The van der Waals surface area contributed by atoms with E-state index < -0.39 is 11.6 Å². The Balaban J connectivity index is 2.12. The number of hydrogen-bond donors (Lipinski definition) is 1. The molecule has 1 aromatic carbocycles. The first-order valence-electron chi connectivity index (χ1n) is 6.87. The van der Waals surface area contributed by atoms with Gasteiger partial charge in [-0.15, -0.1) is 0 Å². The summed E-state index contributed by atoms with van der Waals surface area (Å²) in [4.78, 5) is 0. The second kappa shape index (κ2) is 5.97. The van der Waals surface area contributed by atoms with Gasteiger partial charge in [0.2, 0.25) is 0 Å². The molecule has 106 valence electrons. The minimum Gasteiger partial charge on any atom is -0.372 e. The summed E-state index contributed by atoms with van der Waals surface area (Å²) in [7, 11) is 0. The third kappa shape index (κ3) is 3.12. The fraction of sp³-hybridized carbons (Fsp3) is 0.600. The third-order valence-corrected chi connectivity index (χ3v) is 4.24. The Morgan fingerprint density at radius 3 is 2.63 bits per heavy atom. The molecule has 1 aromatic rings. The maximum absolute atomic E-state index is 13.3. The van der Waals surface area contributed by atoms with Crippen molar-refractivity contribution in [2.24, 2.45) is 5.41 Å². The summed E-state index contributed by atoms with van der Waals surface area (Å²) in [5.41, 5.74) is 0.835. The van der Waals surface area contributed by atoms with Gasteiger partial charge in [-0.3, -0.25) is 0 Å². The number of benzene rings is 1. The first kappa shape index (κ1) is 14.4. The largest absolute Gasteiger partial charge is 0.372 e. The highest BCUT2D eigenvalue weighted by Gasteiger charge is 2.31. The van der Waals surface area contributed by atoms with E-state index in [-0.39, 0.29) is 11.5 Å². The smallest absolute Gasteiger partial charge is 0.159 e. The third-order valence-electron chi connectivity index (χ3n) is 4.24. The monoisotopic (exact) mass is 269 g/mol. The maximum atomic E-state index is 13.3. The molecular weight excluding hydrogens is 248 g/mol. The lowest BCUT2D eigenvalue weighted by Gasteiger charge is -2.29. The van der Waals surface area contributed by atoms with Crippen molar-refractivity contribution >= 4 is 0 Å². The number of hydrogen-bond acceptors (Lipinski definition) is 2. The van der Waals surface area contributed by atoms with E-state index in [4.69, 9.17) is 4.74 Å². The molecule has 1 unspecified atom stereocenters. The van der Waals surface area contributed by atoms with Gasteiger partial charge in [-0.2, -0.15) is 0 Å². The zero-order valence-corrected chi connectivity index (χ0v) is 11.5. The van der Waals surface area contributed by atoms with Crippen molar-refractivity contribution in [3.63, 3.8) is 0 Å². The van der Waals surface area contributed by atoms with Crippen LogP contribution in [0.2, 0.25) is 0 Å². The predicted molar refractivity (Wildman–Crippen MR) is 70.9 cm³/mol. The lowest BCUT2D eigenvalue weighted by atomic mass is 9.83. The highest BCUT2D eigenvalue weighted by atomic mass is 19.2. The second-order valence-corrected chi connectivity index (χ2v) is 5.31. The van der Waals surface area contributed by atoms with Gasteiger partial charge in [0.05, 0.1) is 12.7 Å². The van der Waals surface area contributed by atoms with Crippen LogP contribution >= 0.6 is 0 Å². The van der Waals surface area contributed by atoms with Crippen molar-refractivity contribution in [2.45, 2.75) is 32.8 Å². The number of ether oxygens (including phenoxy) is 1. The molecule has 0 radical (unpaired) electrons. The number of nitrogens with one attached hydrogen (secondary N) is 1. The summed E-state index contributed by atoms with van der Waals surface area (Å²) in [6.45, 7) is 6.50. The molecule has 0 saturated carbocycles. The van der Waals surface area contributed by atoms with Gasteiger partial charge in [0.15, 0.2) is 11.6 Å². The van der Waals surface area contributed by atoms with Crippen molar-refractivity contribution in [1.82, 2.24) is 5.32 Å². The molecule has 19 heavy (non-hydrogen) atoms. The zero-order chi connectivity index (χ0) is 13.9. The van der Waals surface area contributed by atoms with E-state index in [1.54, 1.807) is 6.07 Å². The average Bonchev–Trinajstić information content (AvgIpc) is 2.65. The molecule has 1 saturated heterocycles. The van der Waals surface area contributed by atoms with Crippen LogP contribution in [0.5, 0.6) is 0 Å². The Labute approximate surface area is 113 Å². The van der Waals surface area contributed by atoms with Gasteiger partial charge >= 0.3 is 0 Å². The Morgan fingerprint density at radius 2 is 2.00 bits per heavy atom. The predicted octanol–water partition coefficient (Wildman–Crippen LogP) is 3.43. The van der Waals surface area contributed by atoms with Crippen LogP contribution in [-0.2, 0) is 4.74 Å². The van der Waals surface area contributed by atoms with E-state index in [0.717, 1.165) is 25.5 Å². The van der Waals surface area contributed by atoms with Crippen molar-refractivity contribution in [1.29, 1.82) is 0 Å². The van der Waals surface area contributed by atoms with Crippen molar-refractivity contribution in [3.8, 4) is 0 Å². The molecule has 1 aliphatic heterocycles. The fourth-order valence-electron chi connectivity index (χ4n) is 2.49. The van der Waals surface area contributed by atoms with Gasteiger partial charge in [0.25, 0.3) is 0 Å². The van der Waals surface area contributed by atoms with E-state index in [9.17, 15) is 8.78 Å². The molecule has 2 rings (SSSR count). The van der Waals surface area contributed by atoms with Crippen LogP contribution in [0.15, 0.2) is 18.2 Å². The van der Waals surface area contributed by atoms with Crippen molar-refractivity contribution in [3.05, 3.63) is 35.4 Å². The van der Waals surface area contributed by atoms with E-state index in [1.165, 1.54) is 6.07 Å². The van der Waals surface area contributed by atoms with Crippen LogP contribution in [0.3, 0.4) is 0 Å². The van der Waals surface area contributed by atoms with E-state index in [0.29, 0.717) is 18.7 Å². The Hall–Kier alpha value is -1.00. The molecule has 4 heteroatoms. The molecule has 1 heterocycles. The lowest BCUT2D eigenvalue weighted by Crippen LogP contribution is -2.34. The number of halogens is 2. The van der Waals surface area contributed by atoms with Gasteiger partial charge in [0, 0.05) is 18.5 Å². The molecule has 1 atom stereocenters. The average molecular weight is 269 g/mol. The van der Waals surface area contributed by atoms with Crippen LogP contribution in [0.25, 0.3) is 0 Å². The highest BCUT2D eigenvalue weighted by molar-refractivity contribution is 5.20. The topological polar surface area (TPSA) is 21.3 Å². The van der Waals surface area contributed by atoms with Gasteiger partial charge in [-0.1, -0.05) is 19.9 Å². The first-order chi connectivity index (χ1) is 9.10. The van der Waals surface area contributed by atoms with Gasteiger partial charge in [-0.05, 0) is 30.5 Å². The van der Waals surface area contributed by atoms with E-state index >= 15 is 0 Å². The minimum atomic E-state index is -0.818. The molecule has 1 aliphatic rings. The van der Waals surface area contributed by atoms with Crippen molar-refractivity contribution < 1.29 is 13.5 Å². The summed E-state index contributed by atoms with van der Waals surface area (Å²) in [5, 5.41) is 3.38. The fourth-order valence-corrected chi connectivity index (χ4v) is 2.49. The number of rotatable bonds is 3. The SMILES string of the molecule is CCC1(CC)CNCC(c2ccc(F)c(F)c2)OC1. The second-order valence-electron chi connectivity index (χ2n) is 5.31. The summed E-state index contributed by atoms with van der Waals surface area (Å²) < 4.78 is 32.1. The van der Waals surface area contributed by atoms with E-state index in [1.807, 2.05) is 0 Å². The molecule has 0 aromatic heterocycles. The molecule has 0 spiro atoms. The molecule has 1 N–H and O–H groups in total. The van der Waals surface area contributed by atoms with Crippen LogP contribution in [0, 0.1) is 17.0 Å². The van der Waals surface area contributed by atoms with Gasteiger partial charge in [0.1, 0.15) is 0 Å². The summed E-state index contributed by atoms with van der Waals surface area (Å²) in [5.74, 6) is -1.63. The van der Waals surface area contributed by atoms with Gasteiger partial charge < -0.3 is 10.1 Å². The quantitative estimate of drug-likeness (QED) is 0.907. The molecule has 0 aliphatic carbocycles. The van der Waals surface area contributed by atoms with Crippen LogP contribution in [0.4, 0.5) is 8.78 Å². The Morgan fingerprint density at radius 1 is 1.26 bits per heavy atom. The van der Waals surface area contributed by atoms with Crippen LogP contribution < -0.4 is 5.32 Å². The molecule has 0 bridgehead atoms. The minimum absolute atomic E-state index is 0.146. The molecular formula is C15H21F2NO. The van der Waals surface area contributed by atoms with E-state index in [2.05, 4.69) is 19.2 Å². The first-order valence-corrected chi connectivity index (χ1v) is 6.87. The summed E-state index contributed by atoms with van der Waals surface area (Å²) in [6.07, 6.45) is 1.87. The lowest BCUT2D eigenvalue weighted by molar-refractivity contribution is 0.0101. The van der Waals surface area contributed by atoms with Gasteiger partial charge in [-0.25, -0.2) is 8.78 Å². The highest BCUT2D eigenvalue weighted by Crippen LogP contribution is 2.31. The Bertz CT molecular complexity index is 432. The summed E-state index contributed by atoms with van der Waals surface area (Å²) in [6, 6.07) is 3.98. The molecule has 1 fully saturated rings. The maximum Gasteiger partial charge on any atom is 0.159 e.